The lowest BCUT2D eigenvalue weighted by molar-refractivity contribution is -0.141. The van der Waals surface area contributed by atoms with Crippen LogP contribution in [0.3, 0.4) is 0 Å². The normalized spacial score (nSPS) is 14.2. The zero-order chi connectivity index (χ0) is 14.5. The Morgan fingerprint density at radius 2 is 2.20 bits per heavy atom. The molecule has 0 atom stereocenters. The summed E-state index contributed by atoms with van der Waals surface area (Å²) in [6.45, 7) is 6.30. The molecular formula is C14H21N3O3. The molecule has 2 rings (SSSR count). The molecule has 1 saturated carbocycles. The Labute approximate surface area is 119 Å². The molecule has 0 unspecified atom stereocenters. The van der Waals surface area contributed by atoms with Crippen LogP contribution in [0.1, 0.15) is 33.6 Å². The first-order chi connectivity index (χ1) is 9.60. The highest BCUT2D eigenvalue weighted by atomic mass is 16.5. The van der Waals surface area contributed by atoms with E-state index in [0.29, 0.717) is 24.3 Å². The van der Waals surface area contributed by atoms with E-state index < -0.39 is 0 Å². The third-order valence-corrected chi connectivity index (χ3v) is 2.87. The molecule has 0 radical (unpaired) electrons. The highest BCUT2D eigenvalue weighted by molar-refractivity contribution is 5.75. The summed E-state index contributed by atoms with van der Waals surface area (Å²) >= 11 is 0. The van der Waals surface area contributed by atoms with Crippen LogP contribution in [0.15, 0.2) is 12.4 Å². The van der Waals surface area contributed by atoms with Crippen molar-refractivity contribution in [3.63, 3.8) is 0 Å². The van der Waals surface area contributed by atoms with E-state index in [1.165, 1.54) is 6.33 Å². The molecule has 0 spiro atoms. The molecular weight excluding hydrogens is 258 g/mol. The standard InChI is InChI=1S/C14H21N3O3/c1-4-19-14(18)8-17(11-5-6-11)12-7-13(16-9-15-12)20-10(2)3/h7,9-11H,4-6,8H2,1-3H3. The van der Waals surface area contributed by atoms with Gasteiger partial charge in [0.2, 0.25) is 5.88 Å². The Morgan fingerprint density at radius 1 is 1.45 bits per heavy atom. The zero-order valence-electron chi connectivity index (χ0n) is 12.2. The molecule has 1 aliphatic rings. The van der Waals surface area contributed by atoms with Gasteiger partial charge in [-0.2, -0.15) is 0 Å². The van der Waals surface area contributed by atoms with Gasteiger partial charge in [0.1, 0.15) is 18.7 Å². The number of ether oxygens (including phenoxy) is 2. The second kappa shape index (κ2) is 6.54. The van der Waals surface area contributed by atoms with Crippen LogP contribution in [0.5, 0.6) is 5.88 Å². The Bertz CT molecular complexity index is 461. The first-order valence-electron chi connectivity index (χ1n) is 7.01. The molecule has 1 aromatic heterocycles. The van der Waals surface area contributed by atoms with Crippen LogP contribution in [-0.2, 0) is 9.53 Å². The molecule has 0 aromatic carbocycles. The van der Waals surface area contributed by atoms with Crippen molar-refractivity contribution in [2.24, 2.45) is 0 Å². The molecule has 0 aliphatic heterocycles. The number of anilines is 1. The fraction of sp³-hybridized carbons (Fsp3) is 0.643. The maximum absolute atomic E-state index is 11.7. The average molecular weight is 279 g/mol. The van der Waals surface area contributed by atoms with Crippen molar-refractivity contribution in [1.82, 2.24) is 9.97 Å². The van der Waals surface area contributed by atoms with E-state index in [9.17, 15) is 4.79 Å². The second-order valence-electron chi connectivity index (χ2n) is 5.05. The summed E-state index contributed by atoms with van der Waals surface area (Å²) in [7, 11) is 0. The van der Waals surface area contributed by atoms with E-state index in [4.69, 9.17) is 9.47 Å². The van der Waals surface area contributed by atoms with E-state index in [1.807, 2.05) is 18.7 Å². The van der Waals surface area contributed by atoms with Gasteiger partial charge in [-0.3, -0.25) is 4.79 Å². The predicted octanol–water partition coefficient (Wildman–Crippen LogP) is 1.80. The van der Waals surface area contributed by atoms with Crippen molar-refractivity contribution in [2.45, 2.75) is 45.8 Å². The maximum Gasteiger partial charge on any atom is 0.325 e. The molecule has 0 amide bonds. The number of hydrogen-bond acceptors (Lipinski definition) is 6. The van der Waals surface area contributed by atoms with Gasteiger partial charge in [-0.15, -0.1) is 0 Å². The Balaban J connectivity index is 2.10. The molecule has 0 N–H and O–H groups in total. The minimum absolute atomic E-state index is 0.0529. The quantitative estimate of drug-likeness (QED) is 0.709. The van der Waals surface area contributed by atoms with Crippen LogP contribution in [0.25, 0.3) is 0 Å². The van der Waals surface area contributed by atoms with Crippen molar-refractivity contribution in [1.29, 1.82) is 0 Å². The third kappa shape index (κ3) is 4.08. The largest absolute Gasteiger partial charge is 0.475 e. The smallest absolute Gasteiger partial charge is 0.325 e. The molecule has 1 heterocycles. The summed E-state index contributed by atoms with van der Waals surface area (Å²) in [4.78, 5) is 22.0. The van der Waals surface area contributed by atoms with Crippen molar-refractivity contribution in [2.75, 3.05) is 18.1 Å². The number of nitrogens with zero attached hydrogens (tertiary/aromatic N) is 3. The lowest BCUT2D eigenvalue weighted by atomic mass is 10.4. The lowest BCUT2D eigenvalue weighted by Crippen LogP contribution is -2.33. The highest BCUT2D eigenvalue weighted by Crippen LogP contribution is 2.31. The van der Waals surface area contributed by atoms with Crippen LogP contribution in [0.2, 0.25) is 0 Å². The average Bonchev–Trinajstić information content (AvgIpc) is 3.20. The number of carbonyl (C=O) groups is 1. The van der Waals surface area contributed by atoms with E-state index >= 15 is 0 Å². The van der Waals surface area contributed by atoms with Gasteiger partial charge in [0.25, 0.3) is 0 Å². The number of carbonyl (C=O) groups excluding carboxylic acids is 1. The van der Waals surface area contributed by atoms with Crippen molar-refractivity contribution in [3.8, 4) is 5.88 Å². The fourth-order valence-electron chi connectivity index (χ4n) is 1.92. The van der Waals surface area contributed by atoms with Gasteiger partial charge in [-0.25, -0.2) is 9.97 Å². The van der Waals surface area contributed by atoms with Gasteiger partial charge in [-0.05, 0) is 33.6 Å². The van der Waals surface area contributed by atoms with Gasteiger partial charge in [-0.1, -0.05) is 0 Å². The van der Waals surface area contributed by atoms with Gasteiger partial charge in [0.05, 0.1) is 12.7 Å². The van der Waals surface area contributed by atoms with Crippen LogP contribution < -0.4 is 9.64 Å². The topological polar surface area (TPSA) is 64.5 Å². The first kappa shape index (κ1) is 14.6. The van der Waals surface area contributed by atoms with Crippen LogP contribution in [0, 0.1) is 0 Å². The monoisotopic (exact) mass is 279 g/mol. The number of aromatic nitrogens is 2. The summed E-state index contributed by atoms with van der Waals surface area (Å²) < 4.78 is 10.6. The van der Waals surface area contributed by atoms with Crippen molar-refractivity contribution >= 4 is 11.8 Å². The molecule has 6 heteroatoms. The second-order valence-corrected chi connectivity index (χ2v) is 5.05. The van der Waals surface area contributed by atoms with E-state index in [0.717, 1.165) is 12.8 Å². The summed E-state index contributed by atoms with van der Waals surface area (Å²) in [6, 6.07) is 2.14. The summed E-state index contributed by atoms with van der Waals surface area (Å²) in [5.74, 6) is 1.01. The van der Waals surface area contributed by atoms with E-state index in [-0.39, 0.29) is 18.6 Å². The number of hydrogen-bond donors (Lipinski definition) is 0. The molecule has 0 bridgehead atoms. The molecule has 110 valence electrons. The Hall–Kier alpha value is -1.85. The molecule has 1 aromatic rings. The SMILES string of the molecule is CCOC(=O)CN(c1cc(OC(C)C)ncn1)C1CC1. The number of esters is 1. The Morgan fingerprint density at radius 3 is 2.80 bits per heavy atom. The third-order valence-electron chi connectivity index (χ3n) is 2.87. The molecule has 1 fully saturated rings. The van der Waals surface area contributed by atoms with E-state index in [2.05, 4.69) is 9.97 Å². The van der Waals surface area contributed by atoms with Crippen molar-refractivity contribution in [3.05, 3.63) is 12.4 Å². The molecule has 0 saturated heterocycles. The molecule has 6 nitrogen and oxygen atoms in total. The maximum atomic E-state index is 11.7. The van der Waals surface area contributed by atoms with Gasteiger partial charge < -0.3 is 14.4 Å². The highest BCUT2D eigenvalue weighted by Gasteiger charge is 2.32. The zero-order valence-corrected chi connectivity index (χ0v) is 12.2. The van der Waals surface area contributed by atoms with Gasteiger partial charge in [0, 0.05) is 12.1 Å². The van der Waals surface area contributed by atoms with Crippen molar-refractivity contribution < 1.29 is 14.3 Å². The van der Waals surface area contributed by atoms with Gasteiger partial charge in [0.15, 0.2) is 0 Å². The van der Waals surface area contributed by atoms with Crippen LogP contribution in [-0.4, -0.2) is 41.2 Å². The van der Waals surface area contributed by atoms with Crippen LogP contribution in [0.4, 0.5) is 5.82 Å². The molecule has 1 aliphatic carbocycles. The minimum Gasteiger partial charge on any atom is -0.475 e. The predicted molar refractivity (Wildman–Crippen MR) is 74.8 cm³/mol. The first-order valence-corrected chi connectivity index (χ1v) is 7.01. The fourth-order valence-corrected chi connectivity index (χ4v) is 1.92. The Kier molecular flexibility index (Phi) is 4.76. The van der Waals surface area contributed by atoms with Gasteiger partial charge >= 0.3 is 5.97 Å². The minimum atomic E-state index is -0.232. The molecule has 20 heavy (non-hydrogen) atoms. The summed E-state index contributed by atoms with van der Waals surface area (Å²) in [5, 5.41) is 0. The summed E-state index contributed by atoms with van der Waals surface area (Å²) in [6.07, 6.45) is 3.67. The van der Waals surface area contributed by atoms with Crippen LogP contribution >= 0.6 is 0 Å². The lowest BCUT2D eigenvalue weighted by Gasteiger charge is -2.22. The summed E-state index contributed by atoms with van der Waals surface area (Å²) in [5.41, 5.74) is 0. The van der Waals surface area contributed by atoms with E-state index in [1.54, 1.807) is 13.0 Å². The number of rotatable bonds is 7.